The van der Waals surface area contributed by atoms with Crippen molar-refractivity contribution in [1.82, 2.24) is 4.90 Å². The molecule has 2 fully saturated rings. The van der Waals surface area contributed by atoms with Crippen LogP contribution in [0.2, 0.25) is 0 Å². The molecule has 3 unspecified atom stereocenters. The number of benzene rings is 1. The molecule has 1 aliphatic carbocycles. The number of carboxylic acid groups (broad SMARTS) is 1. The van der Waals surface area contributed by atoms with Gasteiger partial charge in [-0.15, -0.1) is 0 Å². The first kappa shape index (κ1) is 14.1. The zero-order valence-electron chi connectivity index (χ0n) is 12.1. The standard InChI is InChI=1S/C17H21NO3/c19-16(13-8-9-14(11-13)17(20)21)18-10-4-7-15(18)12-5-2-1-3-6-12/h1-3,5-6,13-15H,4,7-11H2,(H,20,21). The molecule has 0 radical (unpaired) electrons. The molecule has 1 saturated carbocycles. The van der Waals surface area contributed by atoms with Crippen LogP contribution >= 0.6 is 0 Å². The molecule has 2 aliphatic rings. The highest BCUT2D eigenvalue weighted by molar-refractivity contribution is 5.81. The van der Waals surface area contributed by atoms with E-state index in [-0.39, 0.29) is 23.8 Å². The van der Waals surface area contributed by atoms with Crippen LogP contribution in [0, 0.1) is 11.8 Å². The van der Waals surface area contributed by atoms with E-state index in [0.29, 0.717) is 19.3 Å². The molecule has 112 valence electrons. The number of likely N-dealkylation sites (tertiary alicyclic amines) is 1. The third kappa shape index (κ3) is 2.80. The molecule has 1 aromatic rings. The average molecular weight is 287 g/mol. The van der Waals surface area contributed by atoms with Crippen LogP contribution in [-0.2, 0) is 9.59 Å². The average Bonchev–Trinajstić information content (AvgIpc) is 3.17. The Morgan fingerprint density at radius 3 is 2.43 bits per heavy atom. The molecule has 21 heavy (non-hydrogen) atoms. The quantitative estimate of drug-likeness (QED) is 0.930. The van der Waals surface area contributed by atoms with E-state index < -0.39 is 5.97 Å². The molecule has 1 amide bonds. The zero-order valence-corrected chi connectivity index (χ0v) is 12.1. The van der Waals surface area contributed by atoms with E-state index in [1.807, 2.05) is 23.1 Å². The minimum Gasteiger partial charge on any atom is -0.481 e. The second kappa shape index (κ2) is 5.88. The second-order valence-corrected chi connectivity index (χ2v) is 6.15. The van der Waals surface area contributed by atoms with Gasteiger partial charge in [0.05, 0.1) is 12.0 Å². The van der Waals surface area contributed by atoms with Gasteiger partial charge in [0.15, 0.2) is 0 Å². The van der Waals surface area contributed by atoms with Gasteiger partial charge < -0.3 is 10.0 Å². The van der Waals surface area contributed by atoms with E-state index in [0.717, 1.165) is 19.4 Å². The molecule has 1 N–H and O–H groups in total. The van der Waals surface area contributed by atoms with E-state index in [2.05, 4.69) is 12.1 Å². The summed E-state index contributed by atoms with van der Waals surface area (Å²) in [5, 5.41) is 9.08. The molecule has 0 aromatic heterocycles. The van der Waals surface area contributed by atoms with Crippen molar-refractivity contribution in [3.05, 3.63) is 35.9 Å². The van der Waals surface area contributed by atoms with Crippen molar-refractivity contribution in [1.29, 1.82) is 0 Å². The SMILES string of the molecule is O=C(O)C1CCC(C(=O)N2CCCC2c2ccccc2)C1. The van der Waals surface area contributed by atoms with E-state index in [1.165, 1.54) is 5.56 Å². The number of nitrogens with zero attached hydrogens (tertiary/aromatic N) is 1. The molecule has 1 aliphatic heterocycles. The third-order valence-corrected chi connectivity index (χ3v) is 4.85. The first-order valence-corrected chi connectivity index (χ1v) is 7.75. The monoisotopic (exact) mass is 287 g/mol. The first-order chi connectivity index (χ1) is 10.2. The van der Waals surface area contributed by atoms with Crippen LogP contribution in [0.3, 0.4) is 0 Å². The molecule has 4 heteroatoms. The van der Waals surface area contributed by atoms with Crippen LogP contribution in [0.4, 0.5) is 0 Å². The van der Waals surface area contributed by atoms with Gasteiger partial charge >= 0.3 is 5.97 Å². The molecule has 0 spiro atoms. The smallest absolute Gasteiger partial charge is 0.306 e. The van der Waals surface area contributed by atoms with Gasteiger partial charge in [-0.1, -0.05) is 30.3 Å². The lowest BCUT2D eigenvalue weighted by molar-refractivity contribution is -0.141. The summed E-state index contributed by atoms with van der Waals surface area (Å²) >= 11 is 0. The number of aliphatic carboxylic acids is 1. The summed E-state index contributed by atoms with van der Waals surface area (Å²) in [7, 11) is 0. The summed E-state index contributed by atoms with van der Waals surface area (Å²) in [6, 6.07) is 10.3. The third-order valence-electron chi connectivity index (χ3n) is 4.85. The van der Waals surface area contributed by atoms with Crippen LogP contribution in [0.15, 0.2) is 30.3 Å². The van der Waals surface area contributed by atoms with Crippen molar-refractivity contribution in [2.45, 2.75) is 38.1 Å². The molecular formula is C17H21NO3. The number of amides is 1. The molecule has 3 atom stereocenters. The first-order valence-electron chi connectivity index (χ1n) is 7.75. The molecular weight excluding hydrogens is 266 g/mol. The van der Waals surface area contributed by atoms with Crippen LogP contribution in [0.1, 0.15) is 43.7 Å². The van der Waals surface area contributed by atoms with Crippen LogP contribution in [0.5, 0.6) is 0 Å². The fourth-order valence-electron chi connectivity index (χ4n) is 3.72. The van der Waals surface area contributed by atoms with Gasteiger partial charge in [0.25, 0.3) is 0 Å². The summed E-state index contributed by atoms with van der Waals surface area (Å²) in [5.74, 6) is -1.04. The summed E-state index contributed by atoms with van der Waals surface area (Å²) in [6.07, 6.45) is 3.89. The van der Waals surface area contributed by atoms with Gasteiger partial charge in [0.2, 0.25) is 5.91 Å². The lowest BCUT2D eigenvalue weighted by Crippen LogP contribution is -2.35. The molecule has 1 saturated heterocycles. The summed E-state index contributed by atoms with van der Waals surface area (Å²) in [4.78, 5) is 25.8. The fraction of sp³-hybridized carbons (Fsp3) is 0.529. The second-order valence-electron chi connectivity index (χ2n) is 6.15. The Hall–Kier alpha value is -1.84. The van der Waals surface area contributed by atoms with Crippen molar-refractivity contribution in [3.63, 3.8) is 0 Å². The van der Waals surface area contributed by atoms with Crippen LogP contribution in [-0.4, -0.2) is 28.4 Å². The van der Waals surface area contributed by atoms with Crippen molar-refractivity contribution in [2.75, 3.05) is 6.54 Å². The van der Waals surface area contributed by atoms with Crippen LogP contribution in [0.25, 0.3) is 0 Å². The van der Waals surface area contributed by atoms with Gasteiger partial charge in [-0.05, 0) is 37.7 Å². The van der Waals surface area contributed by atoms with Crippen molar-refractivity contribution in [3.8, 4) is 0 Å². The van der Waals surface area contributed by atoms with Gasteiger partial charge in [0.1, 0.15) is 0 Å². The highest BCUT2D eigenvalue weighted by Gasteiger charge is 2.39. The Morgan fingerprint density at radius 1 is 1.05 bits per heavy atom. The van der Waals surface area contributed by atoms with E-state index >= 15 is 0 Å². The highest BCUT2D eigenvalue weighted by atomic mass is 16.4. The molecule has 1 heterocycles. The number of hydrogen-bond acceptors (Lipinski definition) is 2. The fourth-order valence-corrected chi connectivity index (χ4v) is 3.72. The summed E-state index contributed by atoms with van der Waals surface area (Å²) in [5.41, 5.74) is 1.19. The molecule has 3 rings (SSSR count). The largest absolute Gasteiger partial charge is 0.481 e. The van der Waals surface area contributed by atoms with Gasteiger partial charge in [-0.2, -0.15) is 0 Å². The Morgan fingerprint density at radius 2 is 1.76 bits per heavy atom. The van der Waals surface area contributed by atoms with Crippen molar-refractivity contribution >= 4 is 11.9 Å². The topological polar surface area (TPSA) is 57.6 Å². The van der Waals surface area contributed by atoms with Gasteiger partial charge in [0, 0.05) is 12.5 Å². The van der Waals surface area contributed by atoms with Crippen molar-refractivity contribution in [2.24, 2.45) is 11.8 Å². The summed E-state index contributed by atoms with van der Waals surface area (Å²) in [6.45, 7) is 0.798. The minimum atomic E-state index is -0.758. The highest BCUT2D eigenvalue weighted by Crippen LogP contribution is 2.38. The van der Waals surface area contributed by atoms with E-state index in [1.54, 1.807) is 0 Å². The Bertz CT molecular complexity index is 528. The summed E-state index contributed by atoms with van der Waals surface area (Å²) < 4.78 is 0. The molecule has 1 aromatic carbocycles. The Kier molecular flexibility index (Phi) is 3.95. The Balaban J connectivity index is 1.71. The maximum Gasteiger partial charge on any atom is 0.306 e. The predicted octanol–water partition coefficient (Wildman–Crippen LogP) is 2.85. The number of carbonyl (C=O) groups excluding carboxylic acids is 1. The van der Waals surface area contributed by atoms with Gasteiger partial charge in [-0.25, -0.2) is 0 Å². The minimum absolute atomic E-state index is 0.101. The zero-order chi connectivity index (χ0) is 14.8. The van der Waals surface area contributed by atoms with Crippen molar-refractivity contribution < 1.29 is 14.7 Å². The number of hydrogen-bond donors (Lipinski definition) is 1. The van der Waals surface area contributed by atoms with Gasteiger partial charge in [-0.3, -0.25) is 9.59 Å². The number of carbonyl (C=O) groups is 2. The molecule has 4 nitrogen and oxygen atoms in total. The normalized spacial score (nSPS) is 28.8. The lowest BCUT2D eigenvalue weighted by Gasteiger charge is -2.27. The van der Waals surface area contributed by atoms with E-state index in [9.17, 15) is 9.59 Å². The number of rotatable bonds is 3. The lowest BCUT2D eigenvalue weighted by atomic mass is 10.0. The van der Waals surface area contributed by atoms with Crippen LogP contribution < -0.4 is 0 Å². The number of carboxylic acids is 1. The molecule has 0 bridgehead atoms. The maximum absolute atomic E-state index is 12.7. The predicted molar refractivity (Wildman–Crippen MR) is 78.6 cm³/mol. The van der Waals surface area contributed by atoms with E-state index in [4.69, 9.17) is 5.11 Å². The Labute approximate surface area is 124 Å². The maximum atomic E-state index is 12.7.